The molecule has 11 nitrogen and oxygen atoms in total. The van der Waals surface area contributed by atoms with E-state index in [2.05, 4.69) is 21.2 Å². The molecule has 2 atom stereocenters. The van der Waals surface area contributed by atoms with Crippen LogP contribution in [-0.2, 0) is 16.1 Å². The van der Waals surface area contributed by atoms with Gasteiger partial charge in [-0.3, -0.25) is 5.43 Å². The highest BCUT2D eigenvalue weighted by molar-refractivity contribution is 6.30. The molecule has 0 bridgehead atoms. The Morgan fingerprint density at radius 2 is 1.84 bits per heavy atom. The number of benzene rings is 3. The van der Waals surface area contributed by atoms with Gasteiger partial charge in [0.1, 0.15) is 19.0 Å². The molecule has 0 spiro atoms. The molecular formula is C31H33ClN4O7. The number of allylic oxidation sites excluding steroid dienone is 1. The number of methoxy groups -OCH3 is 1. The van der Waals surface area contributed by atoms with Gasteiger partial charge in [-0.1, -0.05) is 48.0 Å². The first-order valence-corrected chi connectivity index (χ1v) is 13.9. The van der Waals surface area contributed by atoms with Crippen LogP contribution in [0.4, 0.5) is 4.79 Å². The molecule has 0 aromatic heterocycles. The summed E-state index contributed by atoms with van der Waals surface area (Å²) in [5.41, 5.74) is 5.50. The van der Waals surface area contributed by atoms with Crippen LogP contribution in [0.2, 0.25) is 5.02 Å². The Morgan fingerprint density at radius 1 is 1.07 bits per heavy atom. The number of nitrogens with one attached hydrogen (secondary N) is 3. The van der Waals surface area contributed by atoms with Crippen LogP contribution in [0.25, 0.3) is 0 Å². The molecule has 1 aliphatic heterocycles. The SMILES string of the molecule is CCOc1cc([C@H]2NC(=O)NC(C)=C2C(=O)OC)ccc1OC[C@H](O)N/N=C/c1cc(Cl)ccc1OCc1ccccc1. The van der Waals surface area contributed by atoms with E-state index in [1.165, 1.54) is 13.3 Å². The van der Waals surface area contributed by atoms with Gasteiger partial charge in [0.25, 0.3) is 0 Å². The monoisotopic (exact) mass is 608 g/mol. The molecule has 0 saturated carbocycles. The predicted molar refractivity (Wildman–Crippen MR) is 161 cm³/mol. The van der Waals surface area contributed by atoms with E-state index in [-0.39, 0.29) is 12.2 Å². The molecule has 0 saturated heterocycles. The first-order valence-electron chi connectivity index (χ1n) is 13.5. The molecule has 0 radical (unpaired) electrons. The van der Waals surface area contributed by atoms with Crippen LogP contribution >= 0.6 is 11.6 Å². The van der Waals surface area contributed by atoms with E-state index in [0.29, 0.717) is 52.3 Å². The number of rotatable bonds is 13. The average molecular weight is 609 g/mol. The Kier molecular flexibility index (Phi) is 10.8. The van der Waals surface area contributed by atoms with Crippen molar-refractivity contribution in [3.05, 3.63) is 99.7 Å². The first kappa shape index (κ1) is 31.2. The summed E-state index contributed by atoms with van der Waals surface area (Å²) in [5.74, 6) is 0.721. The number of hydrogen-bond acceptors (Lipinski definition) is 9. The number of carbonyl (C=O) groups excluding carboxylic acids is 2. The number of hydrogen-bond donors (Lipinski definition) is 4. The second-order valence-electron chi connectivity index (χ2n) is 9.37. The Morgan fingerprint density at radius 3 is 2.58 bits per heavy atom. The summed E-state index contributed by atoms with van der Waals surface area (Å²) in [6.45, 7) is 3.97. The lowest BCUT2D eigenvalue weighted by atomic mass is 9.95. The Bertz CT molecular complexity index is 1500. The normalized spacial score (nSPS) is 15.4. The number of halogens is 1. The maximum Gasteiger partial charge on any atom is 0.337 e. The van der Waals surface area contributed by atoms with Gasteiger partial charge in [-0.25, -0.2) is 9.59 Å². The van der Waals surface area contributed by atoms with Crippen LogP contribution in [0.15, 0.2) is 83.1 Å². The lowest BCUT2D eigenvalue weighted by Crippen LogP contribution is -2.45. The van der Waals surface area contributed by atoms with Crippen LogP contribution in [0.1, 0.15) is 36.6 Å². The van der Waals surface area contributed by atoms with Crippen LogP contribution in [0.3, 0.4) is 0 Å². The largest absolute Gasteiger partial charge is 0.490 e. The maximum atomic E-state index is 12.4. The van der Waals surface area contributed by atoms with Gasteiger partial charge in [0.15, 0.2) is 17.7 Å². The highest BCUT2D eigenvalue weighted by atomic mass is 35.5. The Hall–Kier alpha value is -4.74. The summed E-state index contributed by atoms with van der Waals surface area (Å²) in [4.78, 5) is 24.6. The number of amides is 2. The summed E-state index contributed by atoms with van der Waals surface area (Å²) >= 11 is 6.17. The molecular weight excluding hydrogens is 576 g/mol. The van der Waals surface area contributed by atoms with E-state index in [1.807, 2.05) is 37.3 Å². The fourth-order valence-electron chi connectivity index (χ4n) is 4.30. The zero-order chi connectivity index (χ0) is 30.8. The van der Waals surface area contributed by atoms with Crippen molar-refractivity contribution in [3.8, 4) is 17.2 Å². The van der Waals surface area contributed by atoms with E-state index in [4.69, 9.17) is 30.5 Å². The molecule has 4 rings (SSSR count). The summed E-state index contributed by atoms with van der Waals surface area (Å²) in [6.07, 6.45) is 0.330. The molecule has 0 fully saturated rings. The third-order valence-electron chi connectivity index (χ3n) is 6.31. The van der Waals surface area contributed by atoms with E-state index < -0.39 is 24.3 Å². The highest BCUT2D eigenvalue weighted by Crippen LogP contribution is 2.35. The number of hydrazone groups is 1. The Balaban J connectivity index is 1.40. The molecule has 0 aliphatic carbocycles. The van der Waals surface area contributed by atoms with Crippen LogP contribution in [0.5, 0.6) is 17.2 Å². The fraction of sp³-hybridized carbons (Fsp3) is 0.258. The molecule has 1 aliphatic rings. The van der Waals surface area contributed by atoms with Gasteiger partial charge < -0.3 is 34.7 Å². The number of nitrogens with zero attached hydrogens (tertiary/aromatic N) is 1. The van der Waals surface area contributed by atoms with Gasteiger partial charge in [0.05, 0.1) is 31.5 Å². The predicted octanol–water partition coefficient (Wildman–Crippen LogP) is 4.44. The minimum Gasteiger partial charge on any atom is -0.490 e. The number of carbonyl (C=O) groups is 2. The topological polar surface area (TPSA) is 140 Å². The number of ether oxygens (including phenoxy) is 4. The standard InChI is InChI=1S/C31H33ClN4O7/c1-4-41-26-15-21(29-28(30(38)40-3)19(2)34-31(39)35-29)10-12-25(26)43-18-27(37)36-33-16-22-14-23(32)11-13-24(22)42-17-20-8-6-5-7-9-20/h5-16,27,29,36-37H,4,17-18H2,1-3H3,(H2,34,35,39)/b33-16+/t27-,29+/m0/s1. The fourth-order valence-corrected chi connectivity index (χ4v) is 4.48. The third kappa shape index (κ3) is 8.40. The molecule has 12 heteroatoms. The van der Waals surface area contributed by atoms with Crippen LogP contribution in [0, 0.1) is 0 Å². The zero-order valence-corrected chi connectivity index (χ0v) is 24.7. The second-order valence-corrected chi connectivity index (χ2v) is 9.81. The van der Waals surface area contributed by atoms with Crippen molar-refractivity contribution >= 4 is 29.8 Å². The van der Waals surface area contributed by atoms with Crippen molar-refractivity contribution in [2.24, 2.45) is 5.10 Å². The number of aliphatic hydroxyl groups excluding tert-OH is 1. The molecule has 43 heavy (non-hydrogen) atoms. The lowest BCUT2D eigenvalue weighted by molar-refractivity contribution is -0.136. The molecule has 4 N–H and O–H groups in total. The van der Waals surface area contributed by atoms with E-state index in [1.54, 1.807) is 43.3 Å². The summed E-state index contributed by atoms with van der Waals surface area (Å²) in [6, 6.07) is 18.7. The van der Waals surface area contributed by atoms with Gasteiger partial charge in [-0.15, -0.1) is 0 Å². The molecule has 1 heterocycles. The smallest absolute Gasteiger partial charge is 0.337 e. The number of urea groups is 1. The highest BCUT2D eigenvalue weighted by Gasteiger charge is 2.32. The maximum absolute atomic E-state index is 12.4. The van der Waals surface area contributed by atoms with E-state index in [9.17, 15) is 14.7 Å². The third-order valence-corrected chi connectivity index (χ3v) is 6.54. The van der Waals surface area contributed by atoms with Crippen LogP contribution in [-0.4, -0.2) is 49.9 Å². The molecule has 3 aromatic carbocycles. The van der Waals surface area contributed by atoms with Crippen molar-refractivity contribution in [3.63, 3.8) is 0 Å². The minimum atomic E-state index is -1.17. The quantitative estimate of drug-likeness (QED) is 0.0967. The van der Waals surface area contributed by atoms with Gasteiger partial charge in [0.2, 0.25) is 0 Å². The van der Waals surface area contributed by atoms with Crippen molar-refractivity contribution < 1.29 is 33.6 Å². The minimum absolute atomic E-state index is 0.166. The molecule has 0 unspecified atom stereocenters. The van der Waals surface area contributed by atoms with Crippen LogP contribution < -0.4 is 30.3 Å². The van der Waals surface area contributed by atoms with Crippen molar-refractivity contribution in [2.75, 3.05) is 20.3 Å². The number of esters is 1. The molecule has 226 valence electrons. The first-order chi connectivity index (χ1) is 20.8. The molecule has 3 aromatic rings. The van der Waals surface area contributed by atoms with Crippen molar-refractivity contribution in [2.45, 2.75) is 32.7 Å². The van der Waals surface area contributed by atoms with E-state index in [0.717, 1.165) is 5.56 Å². The van der Waals surface area contributed by atoms with Gasteiger partial charge in [-0.05, 0) is 55.3 Å². The van der Waals surface area contributed by atoms with Crippen molar-refractivity contribution in [1.29, 1.82) is 0 Å². The van der Waals surface area contributed by atoms with Gasteiger partial charge >= 0.3 is 12.0 Å². The van der Waals surface area contributed by atoms with E-state index >= 15 is 0 Å². The lowest BCUT2D eigenvalue weighted by Gasteiger charge is -2.28. The molecule has 2 amide bonds. The second kappa shape index (κ2) is 14.9. The Labute approximate surface area is 254 Å². The summed E-state index contributed by atoms with van der Waals surface area (Å²) in [5, 5.41) is 20.4. The van der Waals surface area contributed by atoms with Crippen molar-refractivity contribution in [1.82, 2.24) is 16.1 Å². The number of aliphatic hydroxyl groups is 1. The van der Waals surface area contributed by atoms with Gasteiger partial charge in [-0.2, -0.15) is 5.10 Å². The van der Waals surface area contributed by atoms with Gasteiger partial charge in [0, 0.05) is 16.3 Å². The zero-order valence-electron chi connectivity index (χ0n) is 23.9. The summed E-state index contributed by atoms with van der Waals surface area (Å²) in [7, 11) is 1.27. The average Bonchev–Trinajstić information content (AvgIpc) is 3.00. The summed E-state index contributed by atoms with van der Waals surface area (Å²) < 4.78 is 22.4.